The molecule has 1 heterocycles. The van der Waals surface area contributed by atoms with E-state index < -0.39 is 0 Å². The van der Waals surface area contributed by atoms with Gasteiger partial charge in [-0.25, -0.2) is 0 Å². The zero-order valence-corrected chi connectivity index (χ0v) is 10.1. The lowest BCUT2D eigenvalue weighted by molar-refractivity contribution is 0.944. The molecule has 0 saturated heterocycles. The first-order valence-corrected chi connectivity index (χ1v) is 6.06. The fraction of sp³-hybridized carbons (Fsp3) is 0.0833. The molecular formula is C12H11ClN2S. The summed E-state index contributed by atoms with van der Waals surface area (Å²) < 4.78 is 0. The zero-order valence-electron chi connectivity index (χ0n) is 8.56. The van der Waals surface area contributed by atoms with Crippen LogP contribution in [0.15, 0.2) is 52.4 Å². The summed E-state index contributed by atoms with van der Waals surface area (Å²) >= 11 is 7.48. The molecule has 0 saturated carbocycles. The molecule has 4 heteroatoms. The van der Waals surface area contributed by atoms with E-state index in [0.29, 0.717) is 6.54 Å². The summed E-state index contributed by atoms with van der Waals surface area (Å²) in [6, 6.07) is 11.7. The van der Waals surface area contributed by atoms with Gasteiger partial charge >= 0.3 is 0 Å². The van der Waals surface area contributed by atoms with Crippen LogP contribution in [0, 0.1) is 0 Å². The number of nitrogens with zero attached hydrogens (tertiary/aromatic N) is 1. The minimum absolute atomic E-state index is 0.455. The first-order valence-electron chi connectivity index (χ1n) is 4.87. The highest BCUT2D eigenvalue weighted by molar-refractivity contribution is 7.99. The quantitative estimate of drug-likeness (QED) is 0.908. The van der Waals surface area contributed by atoms with Crippen molar-refractivity contribution in [2.24, 2.45) is 5.73 Å². The number of pyridine rings is 1. The molecule has 16 heavy (non-hydrogen) atoms. The number of aromatic nitrogens is 1. The van der Waals surface area contributed by atoms with Crippen LogP contribution in [0.25, 0.3) is 0 Å². The van der Waals surface area contributed by atoms with Crippen LogP contribution in [0.3, 0.4) is 0 Å². The van der Waals surface area contributed by atoms with Crippen molar-refractivity contribution in [1.82, 2.24) is 4.98 Å². The molecule has 0 spiro atoms. The summed E-state index contributed by atoms with van der Waals surface area (Å²) in [6.45, 7) is 0.455. The first-order chi connectivity index (χ1) is 7.79. The van der Waals surface area contributed by atoms with Crippen molar-refractivity contribution in [3.05, 3.63) is 53.3 Å². The second-order valence-corrected chi connectivity index (χ2v) is 4.76. The van der Waals surface area contributed by atoms with Gasteiger partial charge in [-0.2, -0.15) is 0 Å². The largest absolute Gasteiger partial charge is 0.325 e. The fourth-order valence-corrected chi connectivity index (χ4v) is 2.35. The molecule has 2 nitrogen and oxygen atoms in total. The lowest BCUT2D eigenvalue weighted by Gasteiger charge is -2.05. The van der Waals surface area contributed by atoms with Crippen LogP contribution in [0.4, 0.5) is 0 Å². The molecule has 0 atom stereocenters. The molecule has 0 bridgehead atoms. The van der Waals surface area contributed by atoms with Gasteiger partial charge in [-0.1, -0.05) is 23.4 Å². The van der Waals surface area contributed by atoms with Crippen LogP contribution in [0.1, 0.15) is 5.69 Å². The first kappa shape index (κ1) is 11.5. The van der Waals surface area contributed by atoms with Gasteiger partial charge in [0.05, 0.1) is 5.69 Å². The zero-order chi connectivity index (χ0) is 11.4. The average molecular weight is 251 g/mol. The normalized spacial score (nSPS) is 10.4. The molecule has 0 unspecified atom stereocenters. The van der Waals surface area contributed by atoms with Crippen LogP contribution < -0.4 is 5.73 Å². The van der Waals surface area contributed by atoms with E-state index in [2.05, 4.69) is 4.98 Å². The van der Waals surface area contributed by atoms with Crippen LogP contribution in [-0.4, -0.2) is 4.98 Å². The Morgan fingerprint density at radius 2 is 1.94 bits per heavy atom. The summed E-state index contributed by atoms with van der Waals surface area (Å²) in [6.07, 6.45) is 1.76. The van der Waals surface area contributed by atoms with Crippen molar-refractivity contribution in [2.45, 2.75) is 16.3 Å². The van der Waals surface area contributed by atoms with Crippen LogP contribution in [0.2, 0.25) is 5.02 Å². The predicted octanol–water partition coefficient (Wildman–Crippen LogP) is 3.34. The molecule has 0 aliphatic heterocycles. The van der Waals surface area contributed by atoms with E-state index in [1.54, 1.807) is 18.0 Å². The summed E-state index contributed by atoms with van der Waals surface area (Å²) in [7, 11) is 0. The van der Waals surface area contributed by atoms with Crippen molar-refractivity contribution < 1.29 is 0 Å². The van der Waals surface area contributed by atoms with Gasteiger partial charge in [0, 0.05) is 27.6 Å². The van der Waals surface area contributed by atoms with Gasteiger partial charge in [0.1, 0.15) is 0 Å². The molecule has 1 aromatic carbocycles. The van der Waals surface area contributed by atoms with Crippen LogP contribution in [-0.2, 0) is 6.54 Å². The number of nitrogens with two attached hydrogens (primary N) is 1. The molecule has 2 N–H and O–H groups in total. The maximum Gasteiger partial charge on any atom is 0.0678 e. The third-order valence-electron chi connectivity index (χ3n) is 2.08. The Morgan fingerprint density at radius 3 is 2.62 bits per heavy atom. The van der Waals surface area contributed by atoms with E-state index in [0.717, 1.165) is 20.5 Å². The average Bonchev–Trinajstić information content (AvgIpc) is 2.33. The molecule has 0 aliphatic rings. The second-order valence-electron chi connectivity index (χ2n) is 3.21. The van der Waals surface area contributed by atoms with Crippen molar-refractivity contribution in [3.63, 3.8) is 0 Å². The maximum atomic E-state index is 5.83. The maximum absolute atomic E-state index is 5.83. The third kappa shape index (κ3) is 2.76. The number of hydrogen-bond donors (Lipinski definition) is 1. The molecule has 82 valence electrons. The standard InChI is InChI=1S/C12H11ClN2S/c13-9-3-5-10(6-4-9)16-12-2-1-7-15-11(12)8-14/h1-7H,8,14H2. The number of benzene rings is 1. The molecular weight excluding hydrogens is 240 g/mol. The highest BCUT2D eigenvalue weighted by Crippen LogP contribution is 2.29. The molecule has 0 fully saturated rings. The summed E-state index contributed by atoms with van der Waals surface area (Å²) in [5.41, 5.74) is 6.55. The smallest absolute Gasteiger partial charge is 0.0678 e. The third-order valence-corrected chi connectivity index (χ3v) is 3.43. The summed E-state index contributed by atoms with van der Waals surface area (Å²) in [5, 5.41) is 0.745. The molecule has 0 radical (unpaired) electrons. The summed E-state index contributed by atoms with van der Waals surface area (Å²) in [5.74, 6) is 0. The summed E-state index contributed by atoms with van der Waals surface area (Å²) in [4.78, 5) is 6.46. The van der Waals surface area contributed by atoms with Gasteiger partial charge in [-0.15, -0.1) is 0 Å². The number of halogens is 1. The Hall–Kier alpha value is -1.03. The van der Waals surface area contributed by atoms with E-state index in [1.807, 2.05) is 36.4 Å². The van der Waals surface area contributed by atoms with E-state index in [9.17, 15) is 0 Å². The molecule has 1 aromatic heterocycles. The second kappa shape index (κ2) is 5.34. The van der Waals surface area contributed by atoms with Crippen molar-refractivity contribution in [3.8, 4) is 0 Å². The van der Waals surface area contributed by atoms with E-state index in [1.165, 1.54) is 0 Å². The van der Waals surface area contributed by atoms with Gasteiger partial charge in [-0.05, 0) is 36.4 Å². The van der Waals surface area contributed by atoms with Crippen molar-refractivity contribution >= 4 is 23.4 Å². The Kier molecular flexibility index (Phi) is 3.83. The Labute approximate surface area is 104 Å². The van der Waals surface area contributed by atoms with Crippen molar-refractivity contribution in [1.29, 1.82) is 0 Å². The van der Waals surface area contributed by atoms with Gasteiger partial charge in [0.15, 0.2) is 0 Å². The predicted molar refractivity (Wildman–Crippen MR) is 67.7 cm³/mol. The highest BCUT2D eigenvalue weighted by atomic mass is 35.5. The van der Waals surface area contributed by atoms with Crippen molar-refractivity contribution in [2.75, 3.05) is 0 Å². The Balaban J connectivity index is 2.23. The SMILES string of the molecule is NCc1ncccc1Sc1ccc(Cl)cc1. The van der Waals surface area contributed by atoms with E-state index in [4.69, 9.17) is 17.3 Å². The molecule has 2 rings (SSSR count). The van der Waals surface area contributed by atoms with Gasteiger partial charge in [0.2, 0.25) is 0 Å². The van der Waals surface area contributed by atoms with Crippen LogP contribution in [0.5, 0.6) is 0 Å². The highest BCUT2D eigenvalue weighted by Gasteiger charge is 2.03. The molecule has 2 aromatic rings. The minimum atomic E-state index is 0.455. The minimum Gasteiger partial charge on any atom is -0.325 e. The number of rotatable bonds is 3. The lowest BCUT2D eigenvalue weighted by Crippen LogP contribution is -2.00. The Morgan fingerprint density at radius 1 is 1.19 bits per heavy atom. The van der Waals surface area contributed by atoms with E-state index >= 15 is 0 Å². The monoisotopic (exact) mass is 250 g/mol. The van der Waals surface area contributed by atoms with Gasteiger partial charge in [0.25, 0.3) is 0 Å². The van der Waals surface area contributed by atoms with Gasteiger partial charge in [-0.3, -0.25) is 4.98 Å². The fourth-order valence-electron chi connectivity index (χ4n) is 1.30. The van der Waals surface area contributed by atoms with E-state index in [-0.39, 0.29) is 0 Å². The Bertz CT molecular complexity index is 471. The van der Waals surface area contributed by atoms with Crippen LogP contribution >= 0.6 is 23.4 Å². The molecule has 0 amide bonds. The topological polar surface area (TPSA) is 38.9 Å². The van der Waals surface area contributed by atoms with Gasteiger partial charge < -0.3 is 5.73 Å². The lowest BCUT2D eigenvalue weighted by atomic mass is 10.3. The molecule has 0 aliphatic carbocycles. The number of hydrogen-bond acceptors (Lipinski definition) is 3.